The second kappa shape index (κ2) is 10.3. The van der Waals surface area contributed by atoms with Gasteiger partial charge in [-0.25, -0.2) is 0 Å². The van der Waals surface area contributed by atoms with Crippen LogP contribution in [-0.4, -0.2) is 9.79 Å². The molecule has 0 spiro atoms. The third-order valence-electron chi connectivity index (χ3n) is 5.09. The highest BCUT2D eigenvalue weighted by Crippen LogP contribution is 2.51. The Kier molecular flexibility index (Phi) is 7.26. The van der Waals surface area contributed by atoms with Gasteiger partial charge in [0.2, 0.25) is 5.57 Å². The van der Waals surface area contributed by atoms with Crippen molar-refractivity contribution in [2.45, 2.75) is 0 Å². The number of hydrogen-bond donors (Lipinski definition) is 2. The second-order valence-electron chi connectivity index (χ2n) is 7.44. The molecule has 0 aromatic heterocycles. The van der Waals surface area contributed by atoms with E-state index in [0.29, 0.717) is 11.3 Å². The molecule has 5 nitrogen and oxygen atoms in total. The zero-order valence-electron chi connectivity index (χ0n) is 17.8. The SMILES string of the molecule is O=[PH](Oc1ccc2ccccc2c1)C(=CC(=C(F)P(=O)(O)O)c1ccccc1)c1ccccc1. The Labute approximate surface area is 196 Å². The normalized spacial score (nSPS) is 13.9. The molecule has 1 atom stereocenters. The maximum atomic E-state index is 14.9. The molecule has 0 fully saturated rings. The molecule has 0 aliphatic rings. The summed E-state index contributed by atoms with van der Waals surface area (Å²) in [5.74, 6) is 0.366. The second-order valence-corrected chi connectivity index (χ2v) is 10.2. The first kappa shape index (κ1) is 23.9. The Hall–Kier alpha value is -3.27. The lowest BCUT2D eigenvalue weighted by Crippen LogP contribution is -1.92. The van der Waals surface area contributed by atoms with E-state index in [9.17, 15) is 23.3 Å². The molecule has 0 heterocycles. The van der Waals surface area contributed by atoms with Gasteiger partial charge in [0.15, 0.2) is 0 Å². The summed E-state index contributed by atoms with van der Waals surface area (Å²) in [5, 5.41) is 2.02. The Bertz CT molecular complexity index is 1440. The number of allylic oxidation sites excluding steroid dienone is 2. The van der Waals surface area contributed by atoms with Crippen LogP contribution in [-0.2, 0) is 9.13 Å². The Morgan fingerprint density at radius 2 is 1.35 bits per heavy atom. The predicted molar refractivity (Wildman–Crippen MR) is 135 cm³/mol. The van der Waals surface area contributed by atoms with Crippen LogP contribution in [0.5, 0.6) is 5.75 Å². The number of fused-ring (bicyclic) bond motifs is 1. The smallest absolute Gasteiger partial charge is 0.385 e. The lowest BCUT2D eigenvalue weighted by atomic mass is 10.1. The summed E-state index contributed by atoms with van der Waals surface area (Å²) in [4.78, 5) is 19.0. The monoisotopic (exact) mass is 494 g/mol. The fourth-order valence-electron chi connectivity index (χ4n) is 3.45. The molecule has 0 aliphatic heterocycles. The van der Waals surface area contributed by atoms with Crippen LogP contribution < -0.4 is 4.52 Å². The maximum Gasteiger partial charge on any atom is 0.385 e. The molecule has 4 aromatic rings. The summed E-state index contributed by atoms with van der Waals surface area (Å²) in [6.45, 7) is 0. The fourth-order valence-corrected chi connectivity index (χ4v) is 5.07. The molecule has 4 rings (SSSR count). The van der Waals surface area contributed by atoms with Gasteiger partial charge in [-0.1, -0.05) is 91.0 Å². The van der Waals surface area contributed by atoms with Gasteiger partial charge in [0, 0.05) is 5.57 Å². The van der Waals surface area contributed by atoms with E-state index in [0.717, 1.165) is 10.8 Å². The molecule has 0 aliphatic carbocycles. The molecule has 0 saturated heterocycles. The molecule has 0 saturated carbocycles. The van der Waals surface area contributed by atoms with Gasteiger partial charge in [0.25, 0.3) is 8.03 Å². The van der Waals surface area contributed by atoms with Gasteiger partial charge in [0.05, 0.1) is 5.31 Å². The molecule has 172 valence electrons. The zero-order valence-corrected chi connectivity index (χ0v) is 19.7. The lowest BCUT2D eigenvalue weighted by Gasteiger charge is -2.14. The van der Waals surface area contributed by atoms with Crippen LogP contribution in [0.3, 0.4) is 0 Å². The van der Waals surface area contributed by atoms with E-state index >= 15 is 0 Å². The number of rotatable bonds is 7. The molecular weight excluding hydrogens is 473 g/mol. The van der Waals surface area contributed by atoms with Crippen LogP contribution in [0.1, 0.15) is 11.1 Å². The van der Waals surface area contributed by atoms with Gasteiger partial charge in [-0.05, 0) is 40.1 Å². The average Bonchev–Trinajstić information content (AvgIpc) is 2.84. The van der Waals surface area contributed by atoms with Gasteiger partial charge < -0.3 is 14.3 Å². The van der Waals surface area contributed by atoms with Crippen molar-refractivity contribution in [3.63, 3.8) is 0 Å². The minimum atomic E-state index is -5.21. The van der Waals surface area contributed by atoms with Gasteiger partial charge in [-0.15, -0.1) is 0 Å². The number of hydrogen-bond acceptors (Lipinski definition) is 3. The molecule has 34 heavy (non-hydrogen) atoms. The molecule has 4 aromatic carbocycles. The summed E-state index contributed by atoms with van der Waals surface area (Å²) >= 11 is 0. The molecule has 2 N–H and O–H groups in total. The molecular formula is C26H21FO5P2. The standard InChI is InChI=1S/C26H21FO5P2/c27-26(34(29,30)31)24(20-10-3-1-4-11-20)18-25(21-12-5-2-6-13-21)33(28)32-23-16-15-19-9-7-8-14-22(19)17-23/h1-18,33H,(H2,29,30,31). The topological polar surface area (TPSA) is 83.8 Å². The largest absolute Gasteiger partial charge is 0.442 e. The lowest BCUT2D eigenvalue weighted by molar-refractivity contribution is 0.369. The van der Waals surface area contributed by atoms with E-state index in [-0.39, 0.29) is 16.5 Å². The van der Waals surface area contributed by atoms with Crippen molar-refractivity contribution >= 4 is 37.3 Å². The molecule has 0 bridgehead atoms. The quantitative estimate of drug-likeness (QED) is 0.209. The number of halogens is 1. The zero-order chi connectivity index (χ0) is 24.1. The summed E-state index contributed by atoms with van der Waals surface area (Å²) in [7, 11) is -8.24. The highest BCUT2D eigenvalue weighted by Gasteiger charge is 2.27. The van der Waals surface area contributed by atoms with Crippen LogP contribution in [0, 0.1) is 0 Å². The van der Waals surface area contributed by atoms with E-state index in [1.54, 1.807) is 60.7 Å². The van der Waals surface area contributed by atoms with Crippen molar-refractivity contribution in [3.05, 3.63) is 126 Å². The Balaban J connectivity index is 1.83. The average molecular weight is 494 g/mol. The van der Waals surface area contributed by atoms with Crippen LogP contribution >= 0.6 is 15.6 Å². The Morgan fingerprint density at radius 3 is 1.97 bits per heavy atom. The van der Waals surface area contributed by atoms with Crippen molar-refractivity contribution in [1.29, 1.82) is 0 Å². The minimum Gasteiger partial charge on any atom is -0.442 e. The number of benzene rings is 4. The van der Waals surface area contributed by atoms with Gasteiger partial charge >= 0.3 is 7.60 Å². The molecule has 1 unspecified atom stereocenters. The van der Waals surface area contributed by atoms with Gasteiger partial charge in [0.1, 0.15) is 5.75 Å². The minimum absolute atomic E-state index is 0.126. The third-order valence-corrected chi connectivity index (χ3v) is 7.13. The molecule has 0 amide bonds. The summed E-state index contributed by atoms with van der Waals surface area (Å²) < 4.78 is 45.9. The fraction of sp³-hybridized carbons (Fsp3) is 0. The van der Waals surface area contributed by atoms with Crippen molar-refractivity contribution in [2.75, 3.05) is 0 Å². The summed E-state index contributed by atoms with van der Waals surface area (Å²) in [6.07, 6.45) is 1.20. The van der Waals surface area contributed by atoms with Gasteiger partial charge in [-0.2, -0.15) is 4.39 Å². The van der Waals surface area contributed by atoms with Crippen LogP contribution in [0.25, 0.3) is 21.7 Å². The van der Waals surface area contributed by atoms with Crippen molar-refractivity contribution < 1.29 is 27.8 Å². The van der Waals surface area contributed by atoms with E-state index in [1.807, 2.05) is 30.3 Å². The van der Waals surface area contributed by atoms with Crippen molar-refractivity contribution in [3.8, 4) is 5.75 Å². The van der Waals surface area contributed by atoms with Crippen LogP contribution in [0.4, 0.5) is 4.39 Å². The molecule has 8 heteroatoms. The van der Waals surface area contributed by atoms with Crippen LogP contribution in [0.2, 0.25) is 0 Å². The third kappa shape index (κ3) is 5.61. The van der Waals surface area contributed by atoms with E-state index in [4.69, 9.17) is 4.52 Å². The highest BCUT2D eigenvalue weighted by molar-refractivity contribution is 7.56. The first-order chi connectivity index (χ1) is 16.3. The van der Waals surface area contributed by atoms with Crippen molar-refractivity contribution in [2.24, 2.45) is 0 Å². The van der Waals surface area contributed by atoms with Gasteiger partial charge in [-0.3, -0.25) is 9.13 Å². The summed E-state index contributed by atoms with van der Waals surface area (Å²) in [6, 6.07) is 29.5. The van der Waals surface area contributed by atoms with Crippen LogP contribution in [0.15, 0.2) is 115 Å². The van der Waals surface area contributed by atoms with E-state index in [2.05, 4.69) is 0 Å². The van der Waals surface area contributed by atoms with E-state index in [1.165, 1.54) is 18.2 Å². The highest BCUT2D eigenvalue weighted by atomic mass is 31.2. The maximum absolute atomic E-state index is 14.9. The van der Waals surface area contributed by atoms with Crippen molar-refractivity contribution in [1.82, 2.24) is 0 Å². The summed E-state index contributed by atoms with van der Waals surface area (Å²) in [5.41, 5.74) is -1.24. The first-order valence-corrected chi connectivity index (χ1v) is 13.3. The van der Waals surface area contributed by atoms with E-state index < -0.39 is 21.2 Å². The predicted octanol–water partition coefficient (Wildman–Crippen LogP) is 7.25. The Morgan fingerprint density at radius 1 is 0.794 bits per heavy atom. The first-order valence-electron chi connectivity index (χ1n) is 10.3. The molecule has 0 radical (unpaired) electrons.